The maximum Gasteiger partial charge on any atom is 0.269 e. The molecular weight excluding hydrogens is 514 g/mol. The second-order valence-corrected chi connectivity index (χ2v) is 10.5. The number of rotatable bonds is 6. The summed E-state index contributed by atoms with van der Waals surface area (Å²) in [7, 11) is -2.17. The van der Waals surface area contributed by atoms with E-state index in [-0.39, 0.29) is 10.0 Å². The van der Waals surface area contributed by atoms with Gasteiger partial charge in [-0.25, -0.2) is 8.42 Å². The Morgan fingerprint density at radius 1 is 1.00 bits per heavy atom. The van der Waals surface area contributed by atoms with E-state index in [1.165, 1.54) is 23.5 Å². The first-order valence-corrected chi connectivity index (χ1v) is 12.9. The van der Waals surface area contributed by atoms with Gasteiger partial charge < -0.3 is 10.1 Å². The second-order valence-electron chi connectivity index (χ2n) is 7.01. The second kappa shape index (κ2) is 9.98. The van der Waals surface area contributed by atoms with Crippen LogP contribution in [0.25, 0.3) is 10.1 Å². The lowest BCUT2D eigenvalue weighted by atomic mass is 10.2. The molecule has 0 saturated heterocycles. The Bertz CT molecular complexity index is 1470. The summed E-state index contributed by atoms with van der Waals surface area (Å²) in [5.74, 6) is 0.216. The Morgan fingerprint density at radius 2 is 1.71 bits per heavy atom. The Hall–Kier alpha value is -3.18. The maximum absolute atomic E-state index is 12.7. The summed E-state index contributed by atoms with van der Waals surface area (Å²) in [5, 5.41) is 6.60. The Balaban J connectivity index is 1.42. The van der Waals surface area contributed by atoms with Gasteiger partial charge in [0.15, 0.2) is 5.11 Å². The van der Waals surface area contributed by atoms with Crippen LogP contribution in [0, 0.1) is 0 Å². The molecule has 4 aromatic rings. The molecular formula is C23H18ClN3O4S3. The highest BCUT2D eigenvalue weighted by Gasteiger charge is 2.19. The van der Waals surface area contributed by atoms with Crippen molar-refractivity contribution in [1.29, 1.82) is 0 Å². The average Bonchev–Trinajstić information content (AvgIpc) is 3.15. The third-order valence-electron chi connectivity index (χ3n) is 4.72. The van der Waals surface area contributed by atoms with E-state index in [1.54, 1.807) is 61.7 Å². The largest absolute Gasteiger partial charge is 0.497 e. The Labute approximate surface area is 210 Å². The fourth-order valence-corrected chi connectivity index (χ4v) is 5.79. The molecule has 3 N–H and O–H groups in total. The number of ether oxygens (including phenoxy) is 1. The molecule has 1 heterocycles. The van der Waals surface area contributed by atoms with Crippen molar-refractivity contribution in [3.63, 3.8) is 0 Å². The fraction of sp³-hybridized carbons (Fsp3) is 0.0435. The van der Waals surface area contributed by atoms with Gasteiger partial charge in [-0.05, 0) is 66.8 Å². The minimum atomic E-state index is -3.74. The van der Waals surface area contributed by atoms with Gasteiger partial charge in [0.05, 0.1) is 17.0 Å². The highest BCUT2D eigenvalue weighted by atomic mass is 35.5. The minimum Gasteiger partial charge on any atom is -0.497 e. The SMILES string of the molecule is COc1ccc2c(Cl)c(C(=O)NC(=S)Nc3ccc(S(=O)(=O)Nc4ccccc4)cc3)sc2c1. The van der Waals surface area contributed by atoms with Gasteiger partial charge in [-0.1, -0.05) is 29.8 Å². The number of thiophene rings is 1. The van der Waals surface area contributed by atoms with Crippen molar-refractivity contribution in [2.75, 3.05) is 17.1 Å². The summed E-state index contributed by atoms with van der Waals surface area (Å²) < 4.78 is 33.6. The molecule has 0 saturated carbocycles. The van der Waals surface area contributed by atoms with Gasteiger partial charge in [-0.15, -0.1) is 11.3 Å². The number of halogens is 1. The van der Waals surface area contributed by atoms with E-state index in [1.807, 2.05) is 6.07 Å². The molecule has 7 nitrogen and oxygen atoms in total. The quantitative estimate of drug-likeness (QED) is 0.285. The van der Waals surface area contributed by atoms with E-state index in [2.05, 4.69) is 15.4 Å². The Morgan fingerprint density at radius 3 is 2.38 bits per heavy atom. The summed E-state index contributed by atoms with van der Waals surface area (Å²) in [5.41, 5.74) is 0.975. The summed E-state index contributed by atoms with van der Waals surface area (Å²) in [6, 6.07) is 20.0. The van der Waals surface area contributed by atoms with E-state index in [0.717, 1.165) is 10.1 Å². The molecule has 11 heteroatoms. The zero-order chi connectivity index (χ0) is 24.3. The van der Waals surface area contributed by atoms with Crippen LogP contribution in [0.1, 0.15) is 9.67 Å². The zero-order valence-electron chi connectivity index (χ0n) is 17.7. The molecule has 3 aromatic carbocycles. The van der Waals surface area contributed by atoms with Crippen molar-refractivity contribution in [1.82, 2.24) is 5.32 Å². The molecule has 0 aliphatic rings. The van der Waals surface area contributed by atoms with Gasteiger partial charge in [0.2, 0.25) is 0 Å². The Kier molecular flexibility index (Phi) is 7.03. The lowest BCUT2D eigenvalue weighted by Gasteiger charge is -2.11. The van der Waals surface area contributed by atoms with Crippen molar-refractivity contribution >= 4 is 77.7 Å². The van der Waals surface area contributed by atoms with E-state index >= 15 is 0 Å². The molecule has 4 rings (SSSR count). The van der Waals surface area contributed by atoms with E-state index in [4.69, 9.17) is 28.6 Å². The number of anilines is 2. The average molecular weight is 532 g/mol. The molecule has 174 valence electrons. The van der Waals surface area contributed by atoms with Crippen LogP contribution in [0.2, 0.25) is 5.02 Å². The third kappa shape index (κ3) is 5.31. The lowest BCUT2D eigenvalue weighted by molar-refractivity contribution is 0.0982. The predicted octanol–water partition coefficient (Wildman–Crippen LogP) is 5.49. The summed E-state index contributed by atoms with van der Waals surface area (Å²) >= 11 is 12.9. The number of carbonyl (C=O) groups excluding carboxylic acids is 1. The molecule has 0 bridgehead atoms. The minimum absolute atomic E-state index is 0.0501. The van der Waals surface area contributed by atoms with Gasteiger partial charge in [0, 0.05) is 21.5 Å². The van der Waals surface area contributed by atoms with Crippen molar-refractivity contribution in [2.45, 2.75) is 4.90 Å². The van der Waals surface area contributed by atoms with Crippen LogP contribution in [0.5, 0.6) is 5.75 Å². The first kappa shape index (κ1) is 24.0. The van der Waals surface area contributed by atoms with Gasteiger partial charge in [-0.2, -0.15) is 0 Å². The first-order chi connectivity index (χ1) is 16.3. The number of fused-ring (bicyclic) bond motifs is 1. The number of para-hydroxylation sites is 1. The topological polar surface area (TPSA) is 96.5 Å². The fourth-order valence-electron chi connectivity index (χ4n) is 3.08. The number of benzene rings is 3. The smallest absolute Gasteiger partial charge is 0.269 e. The van der Waals surface area contributed by atoms with E-state index in [9.17, 15) is 13.2 Å². The van der Waals surface area contributed by atoms with Crippen molar-refractivity contribution in [3.05, 3.63) is 82.7 Å². The highest BCUT2D eigenvalue weighted by molar-refractivity contribution is 7.92. The third-order valence-corrected chi connectivity index (χ3v) is 7.98. The number of sulfonamides is 1. The van der Waals surface area contributed by atoms with Crippen LogP contribution in [0.3, 0.4) is 0 Å². The van der Waals surface area contributed by atoms with Crippen LogP contribution >= 0.6 is 35.2 Å². The highest BCUT2D eigenvalue weighted by Crippen LogP contribution is 2.37. The monoisotopic (exact) mass is 531 g/mol. The molecule has 0 unspecified atom stereocenters. The van der Waals surface area contributed by atoms with Crippen molar-refractivity contribution in [3.8, 4) is 5.75 Å². The summed E-state index contributed by atoms with van der Waals surface area (Å²) in [6.07, 6.45) is 0. The summed E-state index contributed by atoms with van der Waals surface area (Å²) in [4.78, 5) is 13.1. The molecule has 0 radical (unpaired) electrons. The van der Waals surface area contributed by atoms with Crippen LogP contribution in [0.4, 0.5) is 11.4 Å². The van der Waals surface area contributed by atoms with Crippen LogP contribution < -0.4 is 20.1 Å². The van der Waals surface area contributed by atoms with Crippen molar-refractivity contribution in [2.24, 2.45) is 0 Å². The van der Waals surface area contributed by atoms with E-state index in [0.29, 0.717) is 27.0 Å². The summed E-state index contributed by atoms with van der Waals surface area (Å²) in [6.45, 7) is 0. The molecule has 0 aliphatic heterocycles. The first-order valence-electron chi connectivity index (χ1n) is 9.83. The normalized spacial score (nSPS) is 11.1. The molecule has 0 spiro atoms. The van der Waals surface area contributed by atoms with Crippen molar-refractivity contribution < 1.29 is 17.9 Å². The number of methoxy groups -OCH3 is 1. The van der Waals surface area contributed by atoms with E-state index < -0.39 is 15.9 Å². The maximum atomic E-state index is 12.7. The van der Waals surface area contributed by atoms with Crippen LogP contribution in [-0.4, -0.2) is 26.5 Å². The number of hydrogen-bond acceptors (Lipinski definition) is 6. The number of nitrogens with one attached hydrogen (secondary N) is 3. The molecule has 1 aromatic heterocycles. The number of thiocarbonyl (C=S) groups is 1. The van der Waals surface area contributed by atoms with Gasteiger partial charge in [0.25, 0.3) is 15.9 Å². The number of amides is 1. The van der Waals surface area contributed by atoms with Gasteiger partial charge in [0.1, 0.15) is 10.6 Å². The molecule has 0 atom stereocenters. The molecule has 0 fully saturated rings. The lowest BCUT2D eigenvalue weighted by Crippen LogP contribution is -2.33. The van der Waals surface area contributed by atoms with Gasteiger partial charge in [-0.3, -0.25) is 14.8 Å². The van der Waals surface area contributed by atoms with Crippen LogP contribution in [0.15, 0.2) is 77.7 Å². The predicted molar refractivity (Wildman–Crippen MR) is 141 cm³/mol. The zero-order valence-corrected chi connectivity index (χ0v) is 20.9. The van der Waals surface area contributed by atoms with Crippen LogP contribution in [-0.2, 0) is 10.0 Å². The molecule has 34 heavy (non-hydrogen) atoms. The molecule has 0 aliphatic carbocycles. The standard InChI is InChI=1S/C23H18ClN3O4S3/c1-31-16-9-12-18-19(13-16)33-21(20(18)24)22(28)26-23(32)25-14-7-10-17(11-8-14)34(29,30)27-15-5-3-2-4-6-15/h2-13,27H,1H3,(H2,25,26,28,32). The number of hydrogen-bond donors (Lipinski definition) is 3. The van der Waals surface area contributed by atoms with Gasteiger partial charge >= 0.3 is 0 Å². The number of carbonyl (C=O) groups is 1. The molecule has 1 amide bonds.